The molecule has 0 aliphatic heterocycles. The van der Waals surface area contributed by atoms with E-state index >= 15 is 0 Å². The van der Waals surface area contributed by atoms with Crippen molar-refractivity contribution in [3.05, 3.63) is 121 Å². The molecule has 4 rings (SSSR count). The SMILES string of the molecule is C=CC(=O)OCCCCOC(=O)C=Cc1ccc(N=Nc2ccc(N=Nc3ccc(N=Nc4ccc(N(CC)CC)cc4)cc3C)cc2)cc1. The van der Waals surface area contributed by atoms with Crippen LogP contribution in [0.15, 0.2) is 140 Å². The molecule has 0 heterocycles. The maximum Gasteiger partial charge on any atom is 0.330 e. The van der Waals surface area contributed by atoms with Crippen LogP contribution in [0.1, 0.15) is 37.8 Å². The lowest BCUT2D eigenvalue weighted by molar-refractivity contribution is -0.140. The molecule has 0 fully saturated rings. The molecule has 4 aromatic carbocycles. The second-order valence-electron chi connectivity index (χ2n) is 10.9. The first-order valence-electron chi connectivity index (χ1n) is 16.4. The number of ether oxygens (including phenoxy) is 2. The van der Waals surface area contributed by atoms with Gasteiger partial charge in [-0.3, -0.25) is 0 Å². The van der Waals surface area contributed by atoms with Gasteiger partial charge < -0.3 is 14.4 Å². The number of anilines is 1. The molecular weight excluding hydrogens is 630 g/mol. The van der Waals surface area contributed by atoms with E-state index in [0.717, 1.165) is 47.4 Å². The molecule has 11 heteroatoms. The highest BCUT2D eigenvalue weighted by Crippen LogP contribution is 2.29. The summed E-state index contributed by atoms with van der Waals surface area (Å²) in [5.74, 6) is -0.909. The second-order valence-corrected chi connectivity index (χ2v) is 10.9. The molecule has 0 aromatic heterocycles. The highest BCUT2D eigenvalue weighted by Gasteiger charge is 2.03. The number of unbranched alkanes of at least 4 members (excludes halogenated alkanes) is 1. The van der Waals surface area contributed by atoms with Crippen molar-refractivity contribution in [3.63, 3.8) is 0 Å². The van der Waals surface area contributed by atoms with Crippen molar-refractivity contribution < 1.29 is 19.1 Å². The summed E-state index contributed by atoms with van der Waals surface area (Å²) >= 11 is 0. The van der Waals surface area contributed by atoms with E-state index in [2.05, 4.69) is 68.1 Å². The number of azo groups is 3. The predicted octanol–water partition coefficient (Wildman–Crippen LogP) is 11.2. The van der Waals surface area contributed by atoms with E-state index in [1.165, 1.54) is 11.8 Å². The highest BCUT2D eigenvalue weighted by atomic mass is 16.5. The molecule has 0 amide bonds. The fraction of sp³-hybridized carbons (Fsp3) is 0.231. The highest BCUT2D eigenvalue weighted by molar-refractivity contribution is 5.87. The van der Waals surface area contributed by atoms with Gasteiger partial charge in [0.15, 0.2) is 0 Å². The van der Waals surface area contributed by atoms with Gasteiger partial charge in [0, 0.05) is 30.9 Å². The second kappa shape index (κ2) is 19.7. The number of hydrogen-bond donors (Lipinski definition) is 0. The number of aryl methyl sites for hydroxylation is 1. The molecule has 256 valence electrons. The van der Waals surface area contributed by atoms with Gasteiger partial charge in [0.2, 0.25) is 0 Å². The molecule has 0 radical (unpaired) electrons. The lowest BCUT2D eigenvalue weighted by Gasteiger charge is -2.20. The van der Waals surface area contributed by atoms with Gasteiger partial charge in [0.25, 0.3) is 0 Å². The molecule has 0 bridgehead atoms. The van der Waals surface area contributed by atoms with Gasteiger partial charge >= 0.3 is 11.9 Å². The third-order valence-electron chi connectivity index (χ3n) is 7.34. The number of rotatable bonds is 17. The lowest BCUT2D eigenvalue weighted by Crippen LogP contribution is -2.21. The van der Waals surface area contributed by atoms with Crippen LogP contribution in [-0.4, -0.2) is 38.2 Å². The average molecular weight is 672 g/mol. The van der Waals surface area contributed by atoms with Gasteiger partial charge in [0.1, 0.15) is 0 Å². The predicted molar refractivity (Wildman–Crippen MR) is 197 cm³/mol. The van der Waals surface area contributed by atoms with E-state index in [1.54, 1.807) is 18.2 Å². The van der Waals surface area contributed by atoms with Crippen LogP contribution in [-0.2, 0) is 19.1 Å². The quantitative estimate of drug-likeness (QED) is 0.0477. The summed E-state index contributed by atoms with van der Waals surface area (Å²) in [6, 6.07) is 28.3. The van der Waals surface area contributed by atoms with Gasteiger partial charge in [-0.15, -0.1) is 0 Å². The topological polar surface area (TPSA) is 130 Å². The summed E-state index contributed by atoms with van der Waals surface area (Å²) in [7, 11) is 0. The fourth-order valence-electron chi connectivity index (χ4n) is 4.53. The molecule has 0 N–H and O–H groups in total. The third kappa shape index (κ3) is 12.2. The van der Waals surface area contributed by atoms with Crippen LogP contribution in [0.5, 0.6) is 0 Å². The number of carbonyl (C=O) groups is 2. The van der Waals surface area contributed by atoms with Crippen molar-refractivity contribution in [2.75, 3.05) is 31.2 Å². The van der Waals surface area contributed by atoms with Crippen molar-refractivity contribution >= 4 is 57.8 Å². The Kier molecular flexibility index (Phi) is 14.4. The molecule has 0 saturated carbocycles. The minimum Gasteiger partial charge on any atom is -0.463 e. The first kappa shape index (κ1) is 36.7. The van der Waals surface area contributed by atoms with Crippen LogP contribution in [0.25, 0.3) is 6.08 Å². The Labute approximate surface area is 292 Å². The standard InChI is InChI=1S/C39H41N7O4/c1-5-38(47)49-26-8-9-27-50-39(48)25-12-30-10-13-31(14-11-30)40-41-32-15-17-33(18-16-32)43-45-37-24-21-35(28-29(37)4)44-42-34-19-22-36(23-20-34)46(6-2)7-3/h5,10-25,28H,1,6-9,26-27H2,2-4H3. The van der Waals surface area contributed by atoms with Crippen molar-refractivity contribution in [2.45, 2.75) is 33.6 Å². The number of benzene rings is 4. The normalized spacial score (nSPS) is 11.5. The van der Waals surface area contributed by atoms with Crippen molar-refractivity contribution in [2.24, 2.45) is 30.7 Å². The van der Waals surface area contributed by atoms with Gasteiger partial charge in [-0.25, -0.2) is 9.59 Å². The number of hydrogen-bond acceptors (Lipinski definition) is 11. The summed E-state index contributed by atoms with van der Waals surface area (Å²) < 4.78 is 10.0. The summed E-state index contributed by atoms with van der Waals surface area (Å²) in [6.45, 7) is 12.0. The molecular formula is C39H41N7O4. The van der Waals surface area contributed by atoms with E-state index in [-0.39, 0.29) is 13.2 Å². The zero-order valence-corrected chi connectivity index (χ0v) is 28.6. The number of nitrogens with zero attached hydrogens (tertiary/aromatic N) is 7. The van der Waals surface area contributed by atoms with Crippen molar-refractivity contribution in [3.8, 4) is 0 Å². The first-order chi connectivity index (χ1) is 24.4. The molecule has 11 nitrogen and oxygen atoms in total. The maximum atomic E-state index is 11.9. The summed E-state index contributed by atoms with van der Waals surface area (Å²) in [6.07, 6.45) is 5.33. The minimum absolute atomic E-state index is 0.244. The van der Waals surface area contributed by atoms with E-state index in [9.17, 15) is 9.59 Å². The molecule has 50 heavy (non-hydrogen) atoms. The van der Waals surface area contributed by atoms with Gasteiger partial charge in [-0.1, -0.05) is 18.7 Å². The van der Waals surface area contributed by atoms with Crippen LogP contribution >= 0.6 is 0 Å². The van der Waals surface area contributed by atoms with Crippen LogP contribution in [0.2, 0.25) is 0 Å². The number of carbonyl (C=O) groups excluding carboxylic acids is 2. The van der Waals surface area contributed by atoms with Crippen LogP contribution in [0, 0.1) is 6.92 Å². The zero-order chi connectivity index (χ0) is 35.6. The maximum absolute atomic E-state index is 11.9. The Balaban J connectivity index is 1.23. The Bertz CT molecular complexity index is 1830. The molecule has 0 aliphatic carbocycles. The Morgan fingerprint density at radius 1 is 0.640 bits per heavy atom. The van der Waals surface area contributed by atoms with Crippen LogP contribution < -0.4 is 4.90 Å². The van der Waals surface area contributed by atoms with E-state index in [4.69, 9.17) is 9.47 Å². The smallest absolute Gasteiger partial charge is 0.330 e. The Morgan fingerprint density at radius 2 is 1.10 bits per heavy atom. The van der Waals surface area contributed by atoms with Crippen molar-refractivity contribution in [1.29, 1.82) is 0 Å². The Hall–Kier alpha value is -6.10. The molecule has 0 spiro atoms. The Morgan fingerprint density at radius 3 is 1.62 bits per heavy atom. The van der Waals surface area contributed by atoms with E-state index < -0.39 is 11.9 Å². The zero-order valence-electron chi connectivity index (χ0n) is 28.6. The van der Waals surface area contributed by atoms with Crippen LogP contribution in [0.3, 0.4) is 0 Å². The molecule has 0 unspecified atom stereocenters. The average Bonchev–Trinajstić information content (AvgIpc) is 3.15. The lowest BCUT2D eigenvalue weighted by atomic mass is 10.2. The fourth-order valence-corrected chi connectivity index (χ4v) is 4.53. The van der Waals surface area contributed by atoms with Gasteiger partial charge in [-0.2, -0.15) is 30.7 Å². The third-order valence-corrected chi connectivity index (χ3v) is 7.34. The van der Waals surface area contributed by atoms with Gasteiger partial charge in [-0.05, 0) is 130 Å². The molecule has 0 saturated heterocycles. The van der Waals surface area contributed by atoms with Crippen LogP contribution in [0.4, 0.5) is 39.8 Å². The largest absolute Gasteiger partial charge is 0.463 e. The monoisotopic (exact) mass is 671 g/mol. The van der Waals surface area contributed by atoms with E-state index in [0.29, 0.717) is 29.9 Å². The van der Waals surface area contributed by atoms with Crippen molar-refractivity contribution in [1.82, 2.24) is 0 Å². The van der Waals surface area contributed by atoms with Gasteiger partial charge in [0.05, 0.1) is 47.3 Å². The summed E-state index contributed by atoms with van der Waals surface area (Å²) in [5, 5.41) is 26.1. The minimum atomic E-state index is -0.464. The first-order valence-corrected chi connectivity index (χ1v) is 16.4. The molecule has 0 atom stereocenters. The number of esters is 2. The molecule has 4 aromatic rings. The van der Waals surface area contributed by atoms with E-state index in [1.807, 2.05) is 73.7 Å². The molecule has 0 aliphatic rings. The summed E-state index contributed by atoms with van der Waals surface area (Å²) in [5.41, 5.74) is 7.22. The summed E-state index contributed by atoms with van der Waals surface area (Å²) in [4.78, 5) is 25.2.